The standard InChI is InChI=1S/C22H27N5O5S/c28-21(24-25-22(33)23-9-2-10-26-11-13-31-14-12-26)18-4-1-3-17(15-18)16-32-20-7-5-19(6-8-20)27(29)30/h1,3-8,15H,2,9-14,16H2,(H,24,28)(H2,23,25,33). The van der Waals surface area contributed by atoms with E-state index in [9.17, 15) is 14.9 Å². The predicted octanol–water partition coefficient (Wildman–Crippen LogP) is 2.00. The van der Waals surface area contributed by atoms with Gasteiger partial charge in [-0.3, -0.25) is 30.7 Å². The van der Waals surface area contributed by atoms with E-state index in [-0.39, 0.29) is 18.2 Å². The van der Waals surface area contributed by atoms with Gasteiger partial charge in [-0.05, 0) is 55.0 Å². The first-order chi connectivity index (χ1) is 16.0. The first kappa shape index (κ1) is 24.4. The fourth-order valence-corrected chi connectivity index (χ4v) is 3.35. The van der Waals surface area contributed by atoms with Gasteiger partial charge in [-0.15, -0.1) is 0 Å². The highest BCUT2D eigenvalue weighted by molar-refractivity contribution is 7.80. The van der Waals surface area contributed by atoms with Crippen LogP contribution in [0.3, 0.4) is 0 Å². The van der Waals surface area contributed by atoms with Gasteiger partial charge in [-0.2, -0.15) is 0 Å². The van der Waals surface area contributed by atoms with Crippen LogP contribution in [-0.2, 0) is 11.3 Å². The predicted molar refractivity (Wildman–Crippen MR) is 127 cm³/mol. The summed E-state index contributed by atoms with van der Waals surface area (Å²) in [5.74, 6) is 0.173. The van der Waals surface area contributed by atoms with Crippen LogP contribution >= 0.6 is 12.2 Å². The molecule has 0 radical (unpaired) electrons. The highest BCUT2D eigenvalue weighted by Gasteiger charge is 2.10. The molecule has 1 heterocycles. The molecule has 2 aromatic rings. The van der Waals surface area contributed by atoms with Crippen LogP contribution < -0.4 is 20.9 Å². The average Bonchev–Trinajstić information content (AvgIpc) is 2.85. The first-order valence-corrected chi connectivity index (χ1v) is 11.0. The summed E-state index contributed by atoms with van der Waals surface area (Å²) >= 11 is 5.21. The molecule has 10 nitrogen and oxygen atoms in total. The molecule has 0 atom stereocenters. The van der Waals surface area contributed by atoms with Crippen molar-refractivity contribution in [1.29, 1.82) is 0 Å². The minimum absolute atomic E-state index is 0.00183. The van der Waals surface area contributed by atoms with Crippen LogP contribution in [0.1, 0.15) is 22.3 Å². The summed E-state index contributed by atoms with van der Waals surface area (Å²) in [5, 5.41) is 14.1. The maximum Gasteiger partial charge on any atom is 0.269 e. The second kappa shape index (κ2) is 12.7. The molecule has 3 N–H and O–H groups in total. The van der Waals surface area contributed by atoms with E-state index >= 15 is 0 Å². The molecule has 11 heteroatoms. The summed E-state index contributed by atoms with van der Waals surface area (Å²) in [6.45, 7) is 5.37. The van der Waals surface area contributed by atoms with E-state index in [2.05, 4.69) is 21.1 Å². The Morgan fingerprint density at radius 2 is 1.91 bits per heavy atom. The Balaban J connectivity index is 1.37. The minimum Gasteiger partial charge on any atom is -0.489 e. The van der Waals surface area contributed by atoms with Crippen molar-refractivity contribution in [1.82, 2.24) is 21.1 Å². The lowest BCUT2D eigenvalue weighted by atomic mass is 10.1. The zero-order chi connectivity index (χ0) is 23.5. The quantitative estimate of drug-likeness (QED) is 0.217. The van der Waals surface area contributed by atoms with Crippen molar-refractivity contribution in [3.8, 4) is 5.75 Å². The Morgan fingerprint density at radius 1 is 1.15 bits per heavy atom. The number of ether oxygens (including phenoxy) is 2. The normalized spacial score (nSPS) is 13.7. The summed E-state index contributed by atoms with van der Waals surface area (Å²) in [6.07, 6.45) is 0.937. The third kappa shape index (κ3) is 8.29. The molecular formula is C22H27N5O5S. The summed E-state index contributed by atoms with van der Waals surface area (Å²) in [7, 11) is 0. The largest absolute Gasteiger partial charge is 0.489 e. The first-order valence-electron chi connectivity index (χ1n) is 10.6. The van der Waals surface area contributed by atoms with Gasteiger partial charge in [-0.25, -0.2) is 0 Å². The Kier molecular flexibility index (Phi) is 9.36. The van der Waals surface area contributed by atoms with Crippen LogP contribution in [0.25, 0.3) is 0 Å². The molecule has 0 aromatic heterocycles. The van der Waals surface area contributed by atoms with Crippen LogP contribution in [-0.4, -0.2) is 60.2 Å². The molecule has 0 unspecified atom stereocenters. The molecule has 0 aliphatic carbocycles. The maximum atomic E-state index is 12.4. The van der Waals surface area contributed by atoms with Crippen molar-refractivity contribution >= 4 is 28.9 Å². The van der Waals surface area contributed by atoms with E-state index in [1.807, 2.05) is 6.07 Å². The number of morpholine rings is 1. The summed E-state index contributed by atoms with van der Waals surface area (Å²) in [5.41, 5.74) is 6.52. The van der Waals surface area contributed by atoms with Crippen LogP contribution in [0.2, 0.25) is 0 Å². The van der Waals surface area contributed by atoms with Gasteiger partial charge in [-0.1, -0.05) is 12.1 Å². The second-order valence-electron chi connectivity index (χ2n) is 7.38. The van der Waals surface area contributed by atoms with Crippen molar-refractivity contribution < 1.29 is 19.2 Å². The van der Waals surface area contributed by atoms with E-state index in [0.29, 0.717) is 23.0 Å². The molecule has 0 spiro atoms. The third-order valence-corrected chi connectivity index (χ3v) is 5.22. The SMILES string of the molecule is O=C(NNC(=S)NCCCN1CCOCC1)c1cccc(COc2ccc([N+](=O)[O-])cc2)c1. The summed E-state index contributed by atoms with van der Waals surface area (Å²) in [4.78, 5) is 25.0. The number of nitrogens with zero attached hydrogens (tertiary/aromatic N) is 2. The van der Waals surface area contributed by atoms with Crippen LogP contribution in [0, 0.1) is 10.1 Å². The van der Waals surface area contributed by atoms with Gasteiger partial charge in [0.15, 0.2) is 5.11 Å². The molecule has 1 amide bonds. The maximum absolute atomic E-state index is 12.4. The number of rotatable bonds is 9. The third-order valence-electron chi connectivity index (χ3n) is 4.97. The second-order valence-corrected chi connectivity index (χ2v) is 7.79. The minimum atomic E-state index is -0.466. The van der Waals surface area contributed by atoms with E-state index < -0.39 is 4.92 Å². The highest BCUT2D eigenvalue weighted by atomic mass is 32.1. The number of nitro benzene ring substituents is 1. The van der Waals surface area contributed by atoms with Crippen molar-refractivity contribution in [3.05, 3.63) is 69.8 Å². The number of nitro groups is 1. The van der Waals surface area contributed by atoms with Crippen molar-refractivity contribution in [3.63, 3.8) is 0 Å². The van der Waals surface area contributed by atoms with E-state index in [1.54, 1.807) is 18.2 Å². The van der Waals surface area contributed by atoms with E-state index in [1.165, 1.54) is 24.3 Å². The zero-order valence-corrected chi connectivity index (χ0v) is 18.9. The van der Waals surface area contributed by atoms with Crippen LogP contribution in [0.5, 0.6) is 5.75 Å². The Hall–Kier alpha value is -3.28. The molecule has 1 aliphatic rings. The lowest BCUT2D eigenvalue weighted by molar-refractivity contribution is -0.384. The van der Waals surface area contributed by atoms with Gasteiger partial charge in [0.2, 0.25) is 0 Å². The van der Waals surface area contributed by atoms with E-state index in [0.717, 1.165) is 44.8 Å². The molecule has 1 fully saturated rings. The van der Waals surface area contributed by atoms with Crippen molar-refractivity contribution in [2.24, 2.45) is 0 Å². The number of non-ortho nitro benzene ring substituents is 1. The van der Waals surface area contributed by atoms with Crippen LogP contribution in [0.15, 0.2) is 48.5 Å². The molecule has 1 aliphatic heterocycles. The van der Waals surface area contributed by atoms with Crippen molar-refractivity contribution in [2.45, 2.75) is 13.0 Å². The number of carbonyl (C=O) groups is 1. The Labute approximate surface area is 197 Å². The lowest BCUT2D eigenvalue weighted by Gasteiger charge is -2.26. The van der Waals surface area contributed by atoms with Gasteiger partial charge >= 0.3 is 0 Å². The molecule has 33 heavy (non-hydrogen) atoms. The molecule has 0 saturated carbocycles. The number of hydrogen-bond donors (Lipinski definition) is 3. The number of carbonyl (C=O) groups excluding carboxylic acids is 1. The fourth-order valence-electron chi connectivity index (χ4n) is 3.19. The zero-order valence-electron chi connectivity index (χ0n) is 18.1. The fraction of sp³-hybridized carbons (Fsp3) is 0.364. The molecular weight excluding hydrogens is 446 g/mol. The molecule has 176 valence electrons. The molecule has 1 saturated heterocycles. The molecule has 3 rings (SSSR count). The van der Waals surface area contributed by atoms with Gasteiger partial charge in [0.05, 0.1) is 18.1 Å². The number of nitrogens with one attached hydrogen (secondary N) is 3. The number of hydrogen-bond acceptors (Lipinski definition) is 7. The smallest absolute Gasteiger partial charge is 0.269 e. The van der Waals surface area contributed by atoms with Gasteiger partial charge < -0.3 is 14.8 Å². The Morgan fingerprint density at radius 3 is 2.64 bits per heavy atom. The number of hydrazine groups is 1. The summed E-state index contributed by atoms with van der Waals surface area (Å²) < 4.78 is 11.0. The van der Waals surface area contributed by atoms with Crippen molar-refractivity contribution in [2.75, 3.05) is 39.4 Å². The van der Waals surface area contributed by atoms with Crippen LogP contribution in [0.4, 0.5) is 5.69 Å². The van der Waals surface area contributed by atoms with Gasteiger partial charge in [0, 0.05) is 37.3 Å². The summed E-state index contributed by atoms with van der Waals surface area (Å²) in [6, 6.07) is 12.8. The number of benzene rings is 2. The number of thiocarbonyl (C=S) groups is 1. The monoisotopic (exact) mass is 473 g/mol. The lowest BCUT2D eigenvalue weighted by Crippen LogP contribution is -2.47. The van der Waals surface area contributed by atoms with E-state index in [4.69, 9.17) is 21.7 Å². The number of amides is 1. The molecule has 2 aromatic carbocycles. The van der Waals surface area contributed by atoms with Gasteiger partial charge in [0.1, 0.15) is 12.4 Å². The topological polar surface area (TPSA) is 118 Å². The Bertz CT molecular complexity index is 950. The highest BCUT2D eigenvalue weighted by Crippen LogP contribution is 2.18. The average molecular weight is 474 g/mol. The van der Waals surface area contributed by atoms with Gasteiger partial charge in [0.25, 0.3) is 11.6 Å². The molecule has 0 bridgehead atoms.